The number of rotatable bonds is 3. The minimum atomic E-state index is -0.182. The molecule has 0 aliphatic carbocycles. The minimum Gasteiger partial charge on any atom is -0.255 e. The van der Waals surface area contributed by atoms with E-state index in [9.17, 15) is 4.79 Å². The molecule has 1 heterocycles. The van der Waals surface area contributed by atoms with E-state index in [0.717, 1.165) is 22.7 Å². The number of hydrogen-bond donors (Lipinski definition) is 0. The number of benzene rings is 2. The summed E-state index contributed by atoms with van der Waals surface area (Å²) in [6, 6.07) is 18.6. The molecule has 0 aliphatic rings. The first kappa shape index (κ1) is 12.4. The fraction of sp³-hybridized carbons (Fsp3) is 0. The van der Waals surface area contributed by atoms with Crippen molar-refractivity contribution in [2.24, 2.45) is 10.2 Å². The molecule has 0 spiro atoms. The van der Waals surface area contributed by atoms with Crippen LogP contribution in [-0.2, 0) is 0 Å². The molecular weight excluding hydrogens is 272 g/mol. The van der Waals surface area contributed by atoms with Crippen LogP contribution < -0.4 is 4.87 Å². The highest BCUT2D eigenvalue weighted by atomic mass is 32.1. The molecule has 2 aromatic carbocycles. The molecule has 0 saturated carbocycles. The second-order valence-electron chi connectivity index (χ2n) is 3.93. The highest BCUT2D eigenvalue weighted by molar-refractivity contribution is 7.12. The lowest BCUT2D eigenvalue weighted by atomic mass is 10.3. The van der Waals surface area contributed by atoms with Crippen molar-refractivity contribution >= 4 is 22.2 Å². The third kappa shape index (κ3) is 2.70. The zero-order chi connectivity index (χ0) is 13.8. The fourth-order valence-electron chi connectivity index (χ4n) is 1.64. The number of aromatic nitrogens is 2. The molecule has 0 radical (unpaired) electrons. The first-order valence-electron chi connectivity index (χ1n) is 5.95. The molecule has 0 aliphatic heterocycles. The number of hydrogen-bond acceptors (Lipinski definition) is 5. The molecule has 0 amide bonds. The van der Waals surface area contributed by atoms with Crippen LogP contribution in [0.3, 0.4) is 0 Å². The number of azo groups is 1. The Balaban J connectivity index is 1.90. The van der Waals surface area contributed by atoms with Gasteiger partial charge < -0.3 is 0 Å². The Labute approximate surface area is 118 Å². The zero-order valence-corrected chi connectivity index (χ0v) is 11.2. The van der Waals surface area contributed by atoms with E-state index in [1.807, 2.05) is 60.7 Å². The van der Waals surface area contributed by atoms with Gasteiger partial charge in [0.1, 0.15) is 0 Å². The summed E-state index contributed by atoms with van der Waals surface area (Å²) in [6.07, 6.45) is 0. The Bertz CT molecular complexity index is 778. The van der Waals surface area contributed by atoms with Gasteiger partial charge >= 0.3 is 4.87 Å². The monoisotopic (exact) mass is 282 g/mol. The summed E-state index contributed by atoms with van der Waals surface area (Å²) in [5.74, 6) is 0. The maximum atomic E-state index is 11.9. The van der Waals surface area contributed by atoms with Gasteiger partial charge in [-0.1, -0.05) is 36.4 Å². The van der Waals surface area contributed by atoms with Gasteiger partial charge in [-0.05, 0) is 35.6 Å². The summed E-state index contributed by atoms with van der Waals surface area (Å²) < 4.78 is 1.32. The van der Waals surface area contributed by atoms with Crippen molar-refractivity contribution in [3.05, 3.63) is 70.3 Å². The smallest absolute Gasteiger partial charge is 0.255 e. The van der Waals surface area contributed by atoms with Gasteiger partial charge in [0.05, 0.1) is 11.4 Å². The normalized spacial score (nSPS) is 11.0. The van der Waals surface area contributed by atoms with Gasteiger partial charge in [-0.2, -0.15) is 4.68 Å². The highest BCUT2D eigenvalue weighted by Gasteiger charge is 2.06. The topological polar surface area (TPSA) is 59.6 Å². The van der Waals surface area contributed by atoms with E-state index >= 15 is 0 Å². The second-order valence-corrected chi connectivity index (χ2v) is 4.85. The first-order valence-corrected chi connectivity index (χ1v) is 6.77. The van der Waals surface area contributed by atoms with E-state index in [0.29, 0.717) is 5.13 Å². The van der Waals surface area contributed by atoms with Crippen molar-refractivity contribution in [1.29, 1.82) is 0 Å². The van der Waals surface area contributed by atoms with Gasteiger partial charge in [0, 0.05) is 0 Å². The lowest BCUT2D eigenvalue weighted by Crippen LogP contribution is -2.11. The lowest BCUT2D eigenvalue weighted by Gasteiger charge is -1.96. The molecule has 3 rings (SSSR count). The summed E-state index contributed by atoms with van der Waals surface area (Å²) in [4.78, 5) is 11.7. The molecule has 0 saturated heterocycles. The average molecular weight is 282 g/mol. The number of nitrogens with zero attached hydrogens (tertiary/aromatic N) is 4. The maximum absolute atomic E-state index is 11.9. The van der Waals surface area contributed by atoms with Crippen LogP contribution in [0.25, 0.3) is 5.69 Å². The van der Waals surface area contributed by atoms with Crippen molar-refractivity contribution in [3.8, 4) is 5.69 Å². The van der Waals surface area contributed by atoms with Gasteiger partial charge in [0.25, 0.3) is 5.13 Å². The summed E-state index contributed by atoms with van der Waals surface area (Å²) in [5, 5.41) is 12.5. The van der Waals surface area contributed by atoms with Crippen LogP contribution >= 0.6 is 11.3 Å². The molecule has 6 heteroatoms. The third-order valence-corrected chi connectivity index (χ3v) is 3.24. The average Bonchev–Trinajstić information content (AvgIpc) is 2.88. The molecular formula is C14H10N4OS. The molecule has 0 atom stereocenters. The summed E-state index contributed by atoms with van der Waals surface area (Å²) >= 11 is 0.964. The molecule has 5 nitrogen and oxygen atoms in total. The van der Waals surface area contributed by atoms with E-state index in [4.69, 9.17) is 0 Å². The molecule has 3 aromatic rings. The summed E-state index contributed by atoms with van der Waals surface area (Å²) in [6.45, 7) is 0. The molecule has 0 bridgehead atoms. The van der Waals surface area contributed by atoms with Crippen LogP contribution in [0, 0.1) is 0 Å². The van der Waals surface area contributed by atoms with Crippen LogP contribution in [-0.4, -0.2) is 9.78 Å². The molecule has 1 aromatic heterocycles. The quantitative estimate of drug-likeness (QED) is 0.687. The van der Waals surface area contributed by atoms with Gasteiger partial charge in [-0.3, -0.25) is 4.79 Å². The van der Waals surface area contributed by atoms with Crippen LogP contribution in [0.1, 0.15) is 0 Å². The largest absolute Gasteiger partial charge is 0.331 e. The molecule has 0 fully saturated rings. The van der Waals surface area contributed by atoms with Crippen molar-refractivity contribution in [2.45, 2.75) is 0 Å². The van der Waals surface area contributed by atoms with Gasteiger partial charge in [0.2, 0.25) is 0 Å². The van der Waals surface area contributed by atoms with E-state index in [2.05, 4.69) is 15.3 Å². The Hall–Kier alpha value is -2.60. The Morgan fingerprint density at radius 1 is 0.900 bits per heavy atom. The fourth-order valence-corrected chi connectivity index (χ4v) is 2.23. The van der Waals surface area contributed by atoms with Gasteiger partial charge in [-0.25, -0.2) is 0 Å². The molecule has 98 valence electrons. The second kappa shape index (κ2) is 5.58. The van der Waals surface area contributed by atoms with Crippen LogP contribution in [0.2, 0.25) is 0 Å². The van der Waals surface area contributed by atoms with Crippen molar-refractivity contribution < 1.29 is 0 Å². The lowest BCUT2D eigenvalue weighted by molar-refractivity contribution is 0.848. The maximum Gasteiger partial charge on any atom is 0.331 e. The van der Waals surface area contributed by atoms with Gasteiger partial charge in [0.15, 0.2) is 0 Å². The van der Waals surface area contributed by atoms with Crippen molar-refractivity contribution in [3.63, 3.8) is 0 Å². The zero-order valence-electron chi connectivity index (χ0n) is 10.4. The van der Waals surface area contributed by atoms with Gasteiger partial charge in [-0.15, -0.1) is 15.3 Å². The van der Waals surface area contributed by atoms with E-state index in [1.54, 1.807) is 0 Å². The SMILES string of the molecule is O=c1sc(N=Nc2ccccc2)nn1-c1ccccc1. The Morgan fingerprint density at radius 3 is 2.25 bits per heavy atom. The predicted molar refractivity (Wildman–Crippen MR) is 78.3 cm³/mol. The Kier molecular flexibility index (Phi) is 3.47. The highest BCUT2D eigenvalue weighted by Crippen LogP contribution is 2.18. The Morgan fingerprint density at radius 2 is 1.55 bits per heavy atom. The number of para-hydroxylation sites is 1. The molecule has 0 N–H and O–H groups in total. The van der Waals surface area contributed by atoms with Crippen molar-refractivity contribution in [1.82, 2.24) is 9.78 Å². The standard InChI is InChI=1S/C14H10N4OS/c19-14-18(12-9-5-2-6-10-12)17-13(20-14)16-15-11-7-3-1-4-8-11/h1-10H. The molecule has 20 heavy (non-hydrogen) atoms. The molecule has 0 unspecified atom stereocenters. The first-order chi connectivity index (χ1) is 9.83. The third-order valence-electron chi connectivity index (χ3n) is 2.55. The summed E-state index contributed by atoms with van der Waals surface area (Å²) in [5.41, 5.74) is 1.44. The van der Waals surface area contributed by atoms with E-state index < -0.39 is 0 Å². The van der Waals surface area contributed by atoms with Crippen LogP contribution in [0.4, 0.5) is 10.8 Å². The van der Waals surface area contributed by atoms with E-state index in [1.165, 1.54) is 4.68 Å². The van der Waals surface area contributed by atoms with Crippen LogP contribution in [0.5, 0.6) is 0 Å². The summed E-state index contributed by atoms with van der Waals surface area (Å²) in [7, 11) is 0. The van der Waals surface area contributed by atoms with Crippen molar-refractivity contribution in [2.75, 3.05) is 0 Å². The van der Waals surface area contributed by atoms with E-state index in [-0.39, 0.29) is 4.87 Å². The minimum absolute atomic E-state index is 0.182. The predicted octanol–water partition coefficient (Wildman–Crippen LogP) is 3.71. The van der Waals surface area contributed by atoms with Crippen LogP contribution in [0.15, 0.2) is 75.7 Å².